The number of amides is 2. The first-order valence-corrected chi connectivity index (χ1v) is 11.0. The van der Waals surface area contributed by atoms with Crippen molar-refractivity contribution in [2.75, 3.05) is 10.2 Å². The first-order valence-electron chi connectivity index (χ1n) is 11.0. The summed E-state index contributed by atoms with van der Waals surface area (Å²) in [5.74, 6) is -0.0530. The van der Waals surface area contributed by atoms with Crippen LogP contribution in [0, 0.1) is 5.92 Å². The van der Waals surface area contributed by atoms with Crippen molar-refractivity contribution in [1.82, 2.24) is 0 Å². The summed E-state index contributed by atoms with van der Waals surface area (Å²) in [6.45, 7) is 4.18. The molecule has 31 heavy (non-hydrogen) atoms. The zero-order valence-corrected chi connectivity index (χ0v) is 18.3. The Bertz CT molecular complexity index is 930. The van der Waals surface area contributed by atoms with E-state index in [0.717, 1.165) is 37.1 Å². The van der Waals surface area contributed by atoms with Gasteiger partial charge in [0, 0.05) is 28.5 Å². The molecular weight excluding hydrogens is 384 g/mol. The molecule has 160 valence electrons. The van der Waals surface area contributed by atoms with E-state index in [-0.39, 0.29) is 17.7 Å². The van der Waals surface area contributed by atoms with Gasteiger partial charge >= 0.3 is 0 Å². The third-order valence-corrected chi connectivity index (χ3v) is 5.40. The highest BCUT2D eigenvalue weighted by molar-refractivity contribution is 6.11. The quantitative estimate of drug-likeness (QED) is 0.418. The minimum absolute atomic E-state index is 0.0212. The number of para-hydroxylation sites is 2. The van der Waals surface area contributed by atoms with Gasteiger partial charge in [-0.15, -0.1) is 0 Å². The van der Waals surface area contributed by atoms with Crippen LogP contribution in [0.15, 0.2) is 84.9 Å². The van der Waals surface area contributed by atoms with Crippen molar-refractivity contribution in [1.29, 1.82) is 0 Å². The highest BCUT2D eigenvalue weighted by Gasteiger charge is 2.20. The SMILES string of the molecule is CCCCC(CC)C(=O)Nc1ccc(C(=O)N(c2ccccc2)c2ccccc2)cc1. The molecule has 1 atom stereocenters. The van der Waals surface area contributed by atoms with Crippen LogP contribution in [0.25, 0.3) is 0 Å². The van der Waals surface area contributed by atoms with E-state index in [1.807, 2.05) is 67.6 Å². The first kappa shape index (κ1) is 22.3. The maximum atomic E-state index is 13.4. The summed E-state index contributed by atoms with van der Waals surface area (Å²) in [6.07, 6.45) is 3.86. The number of rotatable bonds is 9. The third kappa shape index (κ3) is 5.82. The van der Waals surface area contributed by atoms with E-state index >= 15 is 0 Å². The zero-order valence-electron chi connectivity index (χ0n) is 18.3. The van der Waals surface area contributed by atoms with Crippen LogP contribution in [0.5, 0.6) is 0 Å². The van der Waals surface area contributed by atoms with E-state index < -0.39 is 0 Å². The van der Waals surface area contributed by atoms with Gasteiger partial charge in [0.25, 0.3) is 5.91 Å². The lowest BCUT2D eigenvalue weighted by Gasteiger charge is -2.23. The predicted octanol–water partition coefficient (Wildman–Crippen LogP) is 6.82. The topological polar surface area (TPSA) is 49.4 Å². The molecule has 1 N–H and O–H groups in total. The van der Waals surface area contributed by atoms with Gasteiger partial charge in [0.1, 0.15) is 0 Å². The van der Waals surface area contributed by atoms with Gasteiger partial charge in [0.05, 0.1) is 0 Å². The molecule has 0 radical (unpaired) electrons. The Morgan fingerprint density at radius 2 is 1.35 bits per heavy atom. The number of unbranched alkanes of at least 4 members (excludes halogenated alkanes) is 1. The molecule has 2 amide bonds. The van der Waals surface area contributed by atoms with Crippen molar-refractivity contribution in [2.24, 2.45) is 5.92 Å². The summed E-state index contributed by atoms with van der Waals surface area (Å²) in [5, 5.41) is 3.00. The second-order valence-corrected chi connectivity index (χ2v) is 7.63. The Labute approximate surface area is 184 Å². The molecule has 0 aliphatic carbocycles. The molecule has 0 saturated carbocycles. The van der Waals surface area contributed by atoms with Gasteiger partial charge in [-0.25, -0.2) is 0 Å². The van der Waals surface area contributed by atoms with Gasteiger partial charge in [-0.3, -0.25) is 14.5 Å². The maximum Gasteiger partial charge on any atom is 0.262 e. The average molecular weight is 415 g/mol. The van der Waals surface area contributed by atoms with E-state index in [1.165, 1.54) is 0 Å². The number of carbonyl (C=O) groups is 2. The minimum Gasteiger partial charge on any atom is -0.326 e. The van der Waals surface area contributed by atoms with E-state index in [0.29, 0.717) is 11.3 Å². The number of nitrogens with one attached hydrogen (secondary N) is 1. The van der Waals surface area contributed by atoms with Crippen LogP contribution in [0.4, 0.5) is 17.1 Å². The van der Waals surface area contributed by atoms with E-state index in [1.54, 1.807) is 29.2 Å². The number of carbonyl (C=O) groups excluding carboxylic acids is 2. The molecule has 0 aliphatic rings. The number of anilines is 3. The minimum atomic E-state index is -0.121. The summed E-state index contributed by atoms with van der Waals surface area (Å²) in [6, 6.07) is 26.3. The third-order valence-electron chi connectivity index (χ3n) is 5.40. The summed E-state index contributed by atoms with van der Waals surface area (Å²) in [4.78, 5) is 27.7. The highest BCUT2D eigenvalue weighted by atomic mass is 16.2. The summed E-state index contributed by atoms with van der Waals surface area (Å²) in [5.41, 5.74) is 2.88. The molecule has 3 aromatic carbocycles. The van der Waals surface area contributed by atoms with Crippen LogP contribution in [0.2, 0.25) is 0 Å². The monoisotopic (exact) mass is 414 g/mol. The molecule has 4 heteroatoms. The van der Waals surface area contributed by atoms with Crippen molar-refractivity contribution in [3.8, 4) is 0 Å². The molecule has 0 aliphatic heterocycles. The molecule has 4 nitrogen and oxygen atoms in total. The molecule has 0 spiro atoms. The average Bonchev–Trinajstić information content (AvgIpc) is 2.81. The standard InChI is InChI=1S/C27H30N2O2/c1-3-5-12-21(4-2)26(30)28-23-19-17-22(18-20-23)27(31)29(24-13-8-6-9-14-24)25-15-10-7-11-16-25/h6-11,13-21H,3-5,12H2,1-2H3,(H,28,30). The van der Waals surface area contributed by atoms with Gasteiger partial charge in [-0.1, -0.05) is 63.1 Å². The van der Waals surface area contributed by atoms with Crippen molar-refractivity contribution >= 4 is 28.9 Å². The van der Waals surface area contributed by atoms with E-state index in [9.17, 15) is 9.59 Å². The van der Waals surface area contributed by atoms with Crippen molar-refractivity contribution in [2.45, 2.75) is 39.5 Å². The van der Waals surface area contributed by atoms with Crippen LogP contribution in [-0.4, -0.2) is 11.8 Å². The molecule has 0 fully saturated rings. The Morgan fingerprint density at radius 3 is 1.84 bits per heavy atom. The van der Waals surface area contributed by atoms with Crippen molar-refractivity contribution in [3.05, 3.63) is 90.5 Å². The van der Waals surface area contributed by atoms with E-state index in [2.05, 4.69) is 12.2 Å². The van der Waals surface area contributed by atoms with E-state index in [4.69, 9.17) is 0 Å². The second kappa shape index (κ2) is 11.1. The molecule has 3 aromatic rings. The fourth-order valence-electron chi connectivity index (χ4n) is 3.58. The zero-order chi connectivity index (χ0) is 22.1. The van der Waals surface area contributed by atoms with Crippen LogP contribution >= 0.6 is 0 Å². The van der Waals surface area contributed by atoms with Crippen molar-refractivity contribution in [3.63, 3.8) is 0 Å². The first-order chi connectivity index (χ1) is 15.1. The number of nitrogens with zero attached hydrogens (tertiary/aromatic N) is 1. The van der Waals surface area contributed by atoms with Gasteiger partial charge in [0.2, 0.25) is 5.91 Å². The van der Waals surface area contributed by atoms with Gasteiger partial charge < -0.3 is 5.32 Å². The lowest BCUT2D eigenvalue weighted by molar-refractivity contribution is -0.120. The Kier molecular flexibility index (Phi) is 7.99. The van der Waals surface area contributed by atoms with Crippen LogP contribution < -0.4 is 10.2 Å². The second-order valence-electron chi connectivity index (χ2n) is 7.63. The predicted molar refractivity (Wildman–Crippen MR) is 128 cm³/mol. The number of hydrogen-bond donors (Lipinski definition) is 1. The maximum absolute atomic E-state index is 13.4. The molecule has 3 rings (SSSR count). The summed E-state index contributed by atoms with van der Waals surface area (Å²) >= 11 is 0. The normalized spacial score (nSPS) is 11.5. The van der Waals surface area contributed by atoms with Gasteiger partial charge in [-0.05, 0) is 61.4 Å². The number of hydrogen-bond acceptors (Lipinski definition) is 2. The molecule has 1 unspecified atom stereocenters. The lowest BCUT2D eigenvalue weighted by Crippen LogP contribution is -2.26. The largest absolute Gasteiger partial charge is 0.326 e. The molecular formula is C27H30N2O2. The fraction of sp³-hybridized carbons (Fsp3) is 0.259. The molecule has 0 aromatic heterocycles. The summed E-state index contributed by atoms with van der Waals surface area (Å²) < 4.78 is 0. The molecule has 0 heterocycles. The highest BCUT2D eigenvalue weighted by Crippen LogP contribution is 2.27. The molecule has 0 bridgehead atoms. The van der Waals surface area contributed by atoms with Gasteiger partial charge in [0.15, 0.2) is 0 Å². The molecule has 0 saturated heterocycles. The Morgan fingerprint density at radius 1 is 0.806 bits per heavy atom. The van der Waals surface area contributed by atoms with Crippen LogP contribution in [0.3, 0.4) is 0 Å². The Hall–Kier alpha value is -3.40. The summed E-state index contributed by atoms with van der Waals surface area (Å²) in [7, 11) is 0. The lowest BCUT2D eigenvalue weighted by atomic mass is 9.98. The fourth-order valence-corrected chi connectivity index (χ4v) is 3.58. The smallest absolute Gasteiger partial charge is 0.262 e. The van der Waals surface area contributed by atoms with Crippen LogP contribution in [-0.2, 0) is 4.79 Å². The van der Waals surface area contributed by atoms with Crippen molar-refractivity contribution < 1.29 is 9.59 Å². The Balaban J connectivity index is 1.78. The number of benzene rings is 3. The van der Waals surface area contributed by atoms with Gasteiger partial charge in [-0.2, -0.15) is 0 Å². The van der Waals surface area contributed by atoms with Crippen LogP contribution in [0.1, 0.15) is 49.9 Å².